The molecule has 228 valence electrons. The molecule has 5 rings (SSSR count). The van der Waals surface area contributed by atoms with E-state index in [9.17, 15) is 28.3 Å². The number of amides is 2. The van der Waals surface area contributed by atoms with Gasteiger partial charge in [0.15, 0.2) is 11.6 Å². The number of likely N-dealkylation sites (tertiary alicyclic amines) is 1. The van der Waals surface area contributed by atoms with E-state index in [2.05, 4.69) is 15.2 Å². The van der Waals surface area contributed by atoms with Crippen molar-refractivity contribution in [2.45, 2.75) is 52.0 Å². The number of ether oxygens (including phenoxy) is 1. The largest absolute Gasteiger partial charge is 0.478 e. The molecule has 11 heteroatoms. The lowest BCUT2D eigenvalue weighted by Crippen LogP contribution is -2.50. The molecule has 2 aliphatic rings. The summed E-state index contributed by atoms with van der Waals surface area (Å²) in [5.41, 5.74) is 0.468. The number of nitrogens with zero attached hydrogens (tertiary/aromatic N) is 2. The van der Waals surface area contributed by atoms with Gasteiger partial charge in [0.2, 0.25) is 0 Å². The maximum absolute atomic E-state index is 14.1. The van der Waals surface area contributed by atoms with Gasteiger partial charge in [0, 0.05) is 53.3 Å². The van der Waals surface area contributed by atoms with E-state index in [0.717, 1.165) is 31.8 Å². The molecular formula is C32H36F2N4O5. The minimum atomic E-state index is -1.27. The number of H-pyrrole nitrogens is 1. The van der Waals surface area contributed by atoms with Crippen LogP contribution in [0, 0.1) is 17.6 Å². The van der Waals surface area contributed by atoms with E-state index in [1.165, 1.54) is 30.0 Å². The molecule has 0 saturated carbocycles. The van der Waals surface area contributed by atoms with Crippen molar-refractivity contribution >= 4 is 34.4 Å². The molecule has 1 fully saturated rings. The number of carboxylic acids is 1. The fraction of sp³-hybridized carbons (Fsp3) is 0.406. The maximum Gasteiger partial charge on any atom is 0.412 e. The normalized spacial score (nSPS) is 18.3. The van der Waals surface area contributed by atoms with Gasteiger partial charge >= 0.3 is 12.1 Å². The Morgan fingerprint density at radius 3 is 2.47 bits per heavy atom. The molecule has 3 heterocycles. The highest BCUT2D eigenvalue weighted by Gasteiger charge is 2.46. The van der Waals surface area contributed by atoms with Crippen LogP contribution in [-0.4, -0.2) is 70.1 Å². The lowest BCUT2D eigenvalue weighted by atomic mass is 9.71. The van der Waals surface area contributed by atoms with Gasteiger partial charge < -0.3 is 29.9 Å². The lowest BCUT2D eigenvalue weighted by Gasteiger charge is -2.42. The molecule has 2 amide bonds. The number of carboxylic acid groups (broad SMARTS) is 1. The van der Waals surface area contributed by atoms with Gasteiger partial charge in [-0.25, -0.2) is 18.4 Å². The Bertz CT molecular complexity index is 1610. The first-order chi connectivity index (χ1) is 20.4. The molecule has 9 nitrogen and oxygen atoms in total. The van der Waals surface area contributed by atoms with Crippen LogP contribution < -0.4 is 10.1 Å². The molecule has 0 aliphatic carbocycles. The number of aliphatic carboxylic acids is 1. The van der Waals surface area contributed by atoms with Crippen molar-refractivity contribution in [3.05, 3.63) is 71.1 Å². The Kier molecular flexibility index (Phi) is 8.29. The standard InChI is InChI=1S/C32H36F2N4O5/c1-18(2)28-32(3,4)26-21-9-8-20(43-31(42)35-11-14-37-12-5-6-13-37)16-25(21)36-27(26)22(30(40)41)17-38(28)29(39)19-7-10-23(33)24(34)15-19/h7-10,15-18,28,36H,5-6,11-14H2,1-4H3,(H,35,42)(H,40,41). The summed E-state index contributed by atoms with van der Waals surface area (Å²) in [6.07, 6.45) is 3.02. The van der Waals surface area contributed by atoms with Gasteiger partial charge in [-0.2, -0.15) is 0 Å². The van der Waals surface area contributed by atoms with Gasteiger partial charge in [-0.3, -0.25) is 4.79 Å². The number of carbonyl (C=O) groups excluding carboxylic acids is 2. The van der Waals surface area contributed by atoms with E-state index in [4.69, 9.17) is 4.74 Å². The van der Waals surface area contributed by atoms with Crippen LogP contribution in [0.25, 0.3) is 16.5 Å². The molecule has 1 saturated heterocycles. The van der Waals surface area contributed by atoms with E-state index in [1.807, 2.05) is 27.7 Å². The molecule has 0 radical (unpaired) electrons. The summed E-state index contributed by atoms with van der Waals surface area (Å²) in [6.45, 7) is 11.0. The summed E-state index contributed by atoms with van der Waals surface area (Å²) in [6, 6.07) is 7.37. The Morgan fingerprint density at radius 1 is 1.09 bits per heavy atom. The zero-order valence-corrected chi connectivity index (χ0v) is 24.7. The second-order valence-electron chi connectivity index (χ2n) is 12.0. The molecule has 3 N–H and O–H groups in total. The van der Waals surface area contributed by atoms with Gasteiger partial charge in [-0.1, -0.05) is 27.7 Å². The first kappa shape index (κ1) is 30.2. The van der Waals surface area contributed by atoms with E-state index in [0.29, 0.717) is 28.7 Å². The molecule has 1 aromatic heterocycles. The Balaban J connectivity index is 1.51. The Labute approximate surface area is 248 Å². The number of aromatic nitrogens is 1. The molecular weight excluding hydrogens is 558 g/mol. The number of benzene rings is 2. The Morgan fingerprint density at radius 2 is 1.81 bits per heavy atom. The number of aromatic amines is 1. The van der Waals surface area contributed by atoms with Crippen molar-refractivity contribution in [2.24, 2.45) is 5.92 Å². The second kappa shape index (κ2) is 11.8. The van der Waals surface area contributed by atoms with Crippen molar-refractivity contribution in [2.75, 3.05) is 26.2 Å². The van der Waals surface area contributed by atoms with E-state index >= 15 is 0 Å². The fourth-order valence-corrected chi connectivity index (χ4v) is 6.64. The molecule has 0 bridgehead atoms. The zero-order chi connectivity index (χ0) is 31.1. The van der Waals surface area contributed by atoms with E-state index < -0.39 is 41.1 Å². The summed E-state index contributed by atoms with van der Waals surface area (Å²) in [5, 5.41) is 13.8. The molecule has 1 unspecified atom stereocenters. The minimum absolute atomic E-state index is 0.0998. The summed E-state index contributed by atoms with van der Waals surface area (Å²) in [4.78, 5) is 45.6. The number of hydrogen-bond acceptors (Lipinski definition) is 5. The number of nitrogens with one attached hydrogen (secondary N) is 2. The summed E-state index contributed by atoms with van der Waals surface area (Å²) >= 11 is 0. The van der Waals surface area contributed by atoms with E-state index in [-0.39, 0.29) is 22.8 Å². The lowest BCUT2D eigenvalue weighted by molar-refractivity contribution is -0.130. The van der Waals surface area contributed by atoms with Crippen molar-refractivity contribution in [1.29, 1.82) is 0 Å². The minimum Gasteiger partial charge on any atom is -0.478 e. The number of rotatable bonds is 7. The monoisotopic (exact) mass is 594 g/mol. The maximum atomic E-state index is 14.1. The average molecular weight is 595 g/mol. The summed E-state index contributed by atoms with van der Waals surface area (Å²) in [7, 11) is 0. The van der Waals surface area contributed by atoms with Crippen LogP contribution in [-0.2, 0) is 10.2 Å². The third-order valence-corrected chi connectivity index (χ3v) is 8.36. The fourth-order valence-electron chi connectivity index (χ4n) is 6.64. The van der Waals surface area contributed by atoms with Crippen LogP contribution in [0.5, 0.6) is 5.75 Å². The molecule has 1 atom stereocenters. The second-order valence-corrected chi connectivity index (χ2v) is 12.0. The topological polar surface area (TPSA) is 115 Å². The molecule has 2 aromatic carbocycles. The van der Waals surface area contributed by atoms with Crippen LogP contribution in [0.3, 0.4) is 0 Å². The van der Waals surface area contributed by atoms with Crippen molar-refractivity contribution in [1.82, 2.24) is 20.1 Å². The third kappa shape index (κ3) is 5.86. The number of carbonyl (C=O) groups is 3. The van der Waals surface area contributed by atoms with Crippen LogP contribution in [0.1, 0.15) is 62.2 Å². The molecule has 3 aromatic rings. The van der Waals surface area contributed by atoms with Crippen LogP contribution in [0.15, 0.2) is 42.6 Å². The predicted octanol–water partition coefficient (Wildman–Crippen LogP) is 5.51. The SMILES string of the molecule is CC(C)C1N(C(=O)c2ccc(F)c(F)c2)C=C(C(=O)O)c2[nH]c3cc(OC(=O)NCCN4CCCC4)ccc3c2C1(C)C. The van der Waals surface area contributed by atoms with Crippen LogP contribution in [0.4, 0.5) is 13.6 Å². The van der Waals surface area contributed by atoms with Gasteiger partial charge in [-0.05, 0) is 67.7 Å². The third-order valence-electron chi connectivity index (χ3n) is 8.36. The van der Waals surface area contributed by atoms with Crippen molar-refractivity contribution < 1.29 is 33.0 Å². The number of halogens is 2. The zero-order valence-electron chi connectivity index (χ0n) is 24.7. The van der Waals surface area contributed by atoms with E-state index in [1.54, 1.807) is 18.2 Å². The number of fused-ring (bicyclic) bond motifs is 3. The average Bonchev–Trinajstić information content (AvgIpc) is 3.57. The van der Waals surface area contributed by atoms with Gasteiger partial charge in [0.05, 0.1) is 11.3 Å². The summed E-state index contributed by atoms with van der Waals surface area (Å²) < 4.78 is 33.2. The van der Waals surface area contributed by atoms with Gasteiger partial charge in [0.25, 0.3) is 5.91 Å². The van der Waals surface area contributed by atoms with Crippen LogP contribution >= 0.6 is 0 Å². The highest BCUT2D eigenvalue weighted by atomic mass is 19.2. The molecule has 2 aliphatic heterocycles. The summed E-state index contributed by atoms with van der Waals surface area (Å²) in [5.74, 6) is -4.05. The first-order valence-corrected chi connectivity index (χ1v) is 14.5. The van der Waals surface area contributed by atoms with Crippen molar-refractivity contribution in [3.63, 3.8) is 0 Å². The number of hydrogen-bond donors (Lipinski definition) is 3. The van der Waals surface area contributed by atoms with Gasteiger partial charge in [0.1, 0.15) is 5.75 Å². The molecule has 0 spiro atoms. The highest BCUT2D eigenvalue weighted by Crippen LogP contribution is 2.46. The Hall–Kier alpha value is -4.25. The van der Waals surface area contributed by atoms with Crippen molar-refractivity contribution in [3.8, 4) is 5.75 Å². The highest BCUT2D eigenvalue weighted by molar-refractivity contribution is 6.17. The molecule has 43 heavy (non-hydrogen) atoms. The van der Waals surface area contributed by atoms with Crippen LogP contribution in [0.2, 0.25) is 0 Å². The quantitative estimate of drug-likeness (QED) is 0.332. The van der Waals surface area contributed by atoms with Gasteiger partial charge in [-0.15, -0.1) is 0 Å². The predicted molar refractivity (Wildman–Crippen MR) is 158 cm³/mol. The first-order valence-electron chi connectivity index (χ1n) is 14.5. The smallest absolute Gasteiger partial charge is 0.412 e.